The summed E-state index contributed by atoms with van der Waals surface area (Å²) in [4.78, 5) is 12.0. The number of anilines is 1. The molecule has 0 heterocycles. The quantitative estimate of drug-likeness (QED) is 0.451. The number of nitrogens with one attached hydrogen (secondary N) is 1. The van der Waals surface area contributed by atoms with Crippen LogP contribution < -0.4 is 10.1 Å². The molecule has 0 saturated heterocycles. The van der Waals surface area contributed by atoms with Crippen LogP contribution >= 0.6 is 0 Å². The Morgan fingerprint density at radius 2 is 1.40 bits per heavy atom. The summed E-state index contributed by atoms with van der Waals surface area (Å²) in [7, 11) is 1.68. The molecule has 3 rings (SSSR count). The van der Waals surface area contributed by atoms with E-state index < -0.39 is 0 Å². The van der Waals surface area contributed by atoms with Crippen LogP contribution in [0.25, 0.3) is 11.1 Å². The van der Waals surface area contributed by atoms with Gasteiger partial charge >= 0.3 is 0 Å². The van der Waals surface area contributed by atoms with E-state index in [1.165, 1.54) is 16.7 Å². The van der Waals surface area contributed by atoms with Gasteiger partial charge in [-0.05, 0) is 58.5 Å². The number of rotatable bonds is 7. The number of amides is 1. The predicted molar refractivity (Wildman–Crippen MR) is 126 cm³/mol. The van der Waals surface area contributed by atoms with Gasteiger partial charge in [-0.2, -0.15) is 0 Å². The summed E-state index contributed by atoms with van der Waals surface area (Å²) in [6, 6.07) is 26.8. The molecule has 1 amide bonds. The molecule has 3 heteroatoms. The topological polar surface area (TPSA) is 38.3 Å². The molecule has 0 atom stereocenters. The SMILES string of the molecule is CC/C(=C(/c1ccc(NC(=O)C(C)C)cc1)c1ccc(OC)cc1)c1ccccc1. The highest BCUT2D eigenvalue weighted by molar-refractivity contribution is 5.99. The fourth-order valence-electron chi connectivity index (χ4n) is 3.44. The highest BCUT2D eigenvalue weighted by atomic mass is 16.5. The fourth-order valence-corrected chi connectivity index (χ4v) is 3.44. The maximum atomic E-state index is 12.0. The van der Waals surface area contributed by atoms with Gasteiger partial charge in [0.1, 0.15) is 5.75 Å². The Kier molecular flexibility index (Phi) is 7.08. The van der Waals surface area contributed by atoms with Gasteiger partial charge < -0.3 is 10.1 Å². The zero-order chi connectivity index (χ0) is 21.5. The number of methoxy groups -OCH3 is 1. The van der Waals surface area contributed by atoms with Gasteiger partial charge in [-0.15, -0.1) is 0 Å². The second-order valence-corrected chi connectivity index (χ2v) is 7.52. The Bertz CT molecular complexity index is 1000. The maximum Gasteiger partial charge on any atom is 0.226 e. The molecule has 0 aliphatic carbocycles. The van der Waals surface area contributed by atoms with Crippen LogP contribution in [0.15, 0.2) is 78.9 Å². The van der Waals surface area contributed by atoms with Crippen molar-refractivity contribution in [2.75, 3.05) is 12.4 Å². The van der Waals surface area contributed by atoms with Crippen molar-refractivity contribution in [3.05, 3.63) is 95.6 Å². The van der Waals surface area contributed by atoms with E-state index in [2.05, 4.69) is 60.8 Å². The molecule has 3 aromatic rings. The second kappa shape index (κ2) is 9.93. The van der Waals surface area contributed by atoms with Crippen molar-refractivity contribution in [3.63, 3.8) is 0 Å². The molecule has 1 N–H and O–H groups in total. The van der Waals surface area contributed by atoms with E-state index in [0.717, 1.165) is 29.0 Å². The molecule has 0 aliphatic rings. The van der Waals surface area contributed by atoms with E-state index in [9.17, 15) is 4.79 Å². The van der Waals surface area contributed by atoms with Crippen molar-refractivity contribution in [2.24, 2.45) is 5.92 Å². The van der Waals surface area contributed by atoms with Crippen LogP contribution in [0, 0.1) is 5.92 Å². The Morgan fingerprint density at radius 1 is 0.833 bits per heavy atom. The van der Waals surface area contributed by atoms with E-state index in [1.54, 1.807) is 7.11 Å². The van der Waals surface area contributed by atoms with Gasteiger partial charge in [-0.3, -0.25) is 4.79 Å². The molecule has 0 spiro atoms. The minimum atomic E-state index is -0.0517. The molecule has 154 valence electrons. The largest absolute Gasteiger partial charge is 0.497 e. The van der Waals surface area contributed by atoms with Crippen LogP contribution in [0.1, 0.15) is 43.9 Å². The van der Waals surface area contributed by atoms with Crippen molar-refractivity contribution in [2.45, 2.75) is 27.2 Å². The van der Waals surface area contributed by atoms with Gasteiger partial charge in [0.15, 0.2) is 0 Å². The number of benzene rings is 3. The smallest absolute Gasteiger partial charge is 0.226 e. The number of ether oxygens (including phenoxy) is 1. The van der Waals surface area contributed by atoms with Crippen LogP contribution in [0.4, 0.5) is 5.69 Å². The molecule has 3 nitrogen and oxygen atoms in total. The van der Waals surface area contributed by atoms with E-state index in [1.807, 2.05) is 44.2 Å². The molecule has 0 bridgehead atoms. The first kappa shape index (κ1) is 21.4. The Morgan fingerprint density at radius 3 is 1.90 bits per heavy atom. The maximum absolute atomic E-state index is 12.0. The number of allylic oxidation sites excluding steroid dienone is 1. The first-order chi connectivity index (χ1) is 14.5. The lowest BCUT2D eigenvalue weighted by Gasteiger charge is -2.17. The van der Waals surface area contributed by atoms with Crippen molar-refractivity contribution in [1.82, 2.24) is 0 Å². The predicted octanol–water partition coefficient (Wildman–Crippen LogP) is 6.66. The number of carbonyl (C=O) groups is 1. The Hall–Kier alpha value is -3.33. The van der Waals surface area contributed by atoms with E-state index >= 15 is 0 Å². The summed E-state index contributed by atoms with van der Waals surface area (Å²) in [5.41, 5.74) is 6.74. The standard InChI is InChI=1S/C27H29NO2/c1-5-25(20-9-7-6-8-10-20)26(22-13-17-24(30-4)18-14-22)21-11-15-23(16-12-21)28-27(29)19(2)3/h6-19H,5H2,1-4H3,(H,28,29)/b26-25+. The monoisotopic (exact) mass is 399 g/mol. The number of carbonyl (C=O) groups excluding carboxylic acids is 1. The fraction of sp³-hybridized carbons (Fsp3) is 0.222. The molecule has 0 fully saturated rings. The van der Waals surface area contributed by atoms with Gasteiger partial charge in [0.2, 0.25) is 5.91 Å². The molecule has 0 saturated carbocycles. The molecule has 0 radical (unpaired) electrons. The summed E-state index contributed by atoms with van der Waals surface area (Å²) in [6.07, 6.45) is 0.900. The van der Waals surface area contributed by atoms with Gasteiger partial charge in [0.25, 0.3) is 0 Å². The van der Waals surface area contributed by atoms with Crippen LogP contribution in [-0.2, 0) is 4.79 Å². The van der Waals surface area contributed by atoms with Crippen molar-refractivity contribution < 1.29 is 9.53 Å². The lowest BCUT2D eigenvalue weighted by Crippen LogP contribution is -2.17. The Labute approximate surface area is 179 Å². The van der Waals surface area contributed by atoms with Gasteiger partial charge in [0.05, 0.1) is 7.11 Å². The number of hydrogen-bond acceptors (Lipinski definition) is 2. The molecule has 0 aromatic heterocycles. The third-order valence-electron chi connectivity index (χ3n) is 5.12. The first-order valence-electron chi connectivity index (χ1n) is 10.4. The van der Waals surface area contributed by atoms with Gasteiger partial charge in [-0.25, -0.2) is 0 Å². The van der Waals surface area contributed by atoms with E-state index in [-0.39, 0.29) is 11.8 Å². The minimum absolute atomic E-state index is 0.0206. The Balaban J connectivity index is 2.09. The van der Waals surface area contributed by atoms with Gasteiger partial charge in [-0.1, -0.05) is 75.4 Å². The molecular weight excluding hydrogens is 370 g/mol. The normalized spacial score (nSPS) is 11.8. The molecular formula is C27H29NO2. The van der Waals surface area contributed by atoms with Crippen LogP contribution in [0.3, 0.4) is 0 Å². The second-order valence-electron chi connectivity index (χ2n) is 7.52. The van der Waals surface area contributed by atoms with Crippen LogP contribution in [-0.4, -0.2) is 13.0 Å². The van der Waals surface area contributed by atoms with E-state index in [4.69, 9.17) is 4.74 Å². The van der Waals surface area contributed by atoms with Crippen LogP contribution in [0.5, 0.6) is 5.75 Å². The summed E-state index contributed by atoms with van der Waals surface area (Å²) in [5, 5.41) is 2.97. The third kappa shape index (κ3) is 4.98. The molecule has 0 unspecified atom stereocenters. The average Bonchev–Trinajstić information content (AvgIpc) is 2.78. The highest BCUT2D eigenvalue weighted by Gasteiger charge is 2.14. The highest BCUT2D eigenvalue weighted by Crippen LogP contribution is 2.35. The molecule has 0 aliphatic heterocycles. The minimum Gasteiger partial charge on any atom is -0.497 e. The average molecular weight is 400 g/mol. The van der Waals surface area contributed by atoms with Crippen molar-refractivity contribution >= 4 is 22.7 Å². The molecule has 30 heavy (non-hydrogen) atoms. The first-order valence-corrected chi connectivity index (χ1v) is 10.4. The summed E-state index contributed by atoms with van der Waals surface area (Å²) in [6.45, 7) is 5.96. The summed E-state index contributed by atoms with van der Waals surface area (Å²) in [5.74, 6) is 0.805. The lowest BCUT2D eigenvalue weighted by atomic mass is 9.88. The van der Waals surface area contributed by atoms with E-state index in [0.29, 0.717) is 0 Å². The third-order valence-corrected chi connectivity index (χ3v) is 5.12. The lowest BCUT2D eigenvalue weighted by molar-refractivity contribution is -0.118. The summed E-state index contributed by atoms with van der Waals surface area (Å²) < 4.78 is 5.34. The zero-order valence-electron chi connectivity index (χ0n) is 18.1. The van der Waals surface area contributed by atoms with Gasteiger partial charge in [0, 0.05) is 11.6 Å². The number of hydrogen-bond donors (Lipinski definition) is 1. The van der Waals surface area contributed by atoms with Crippen LogP contribution in [0.2, 0.25) is 0 Å². The van der Waals surface area contributed by atoms with Crippen molar-refractivity contribution in [3.8, 4) is 5.75 Å². The summed E-state index contributed by atoms with van der Waals surface area (Å²) >= 11 is 0. The molecule has 3 aromatic carbocycles. The van der Waals surface area contributed by atoms with Crippen molar-refractivity contribution in [1.29, 1.82) is 0 Å². The zero-order valence-corrected chi connectivity index (χ0v) is 18.1.